The fourth-order valence-electron chi connectivity index (χ4n) is 2.25. The van der Waals surface area contributed by atoms with Crippen LogP contribution >= 0.6 is 23.1 Å². The van der Waals surface area contributed by atoms with Crippen molar-refractivity contribution in [3.05, 3.63) is 71.2 Å². The van der Waals surface area contributed by atoms with Gasteiger partial charge in [-0.15, -0.1) is 23.1 Å². The van der Waals surface area contributed by atoms with E-state index in [2.05, 4.69) is 41.5 Å². The number of carbonyl (C=O) groups excluding carboxylic acids is 1. The van der Waals surface area contributed by atoms with Crippen LogP contribution in [0.15, 0.2) is 60.1 Å². The number of carbonyl (C=O) groups is 1. The van der Waals surface area contributed by atoms with E-state index in [1.165, 1.54) is 22.5 Å². The number of amides is 1. The van der Waals surface area contributed by atoms with Crippen molar-refractivity contribution in [3.63, 3.8) is 0 Å². The van der Waals surface area contributed by atoms with Crippen molar-refractivity contribution < 1.29 is 4.79 Å². The summed E-state index contributed by atoms with van der Waals surface area (Å²) in [6.07, 6.45) is 0. The van der Waals surface area contributed by atoms with Gasteiger partial charge in [0.15, 0.2) is 0 Å². The van der Waals surface area contributed by atoms with Gasteiger partial charge in [-0.1, -0.05) is 60.2 Å². The number of benzene rings is 2. The van der Waals surface area contributed by atoms with Crippen molar-refractivity contribution in [2.45, 2.75) is 12.7 Å². The monoisotopic (exact) mass is 354 g/mol. The first kappa shape index (κ1) is 16.7. The first-order valence-corrected chi connectivity index (χ1v) is 9.68. The fraction of sp³-hybridized carbons (Fsp3) is 0.158. The van der Waals surface area contributed by atoms with E-state index in [1.54, 1.807) is 17.3 Å². The Morgan fingerprint density at radius 2 is 1.88 bits per heavy atom. The van der Waals surface area contributed by atoms with Gasteiger partial charge >= 0.3 is 0 Å². The minimum Gasteiger partial charge on any atom is -0.315 e. The Kier molecular flexibility index (Phi) is 5.67. The molecule has 24 heavy (non-hydrogen) atoms. The Morgan fingerprint density at radius 3 is 2.62 bits per heavy atom. The third kappa shape index (κ3) is 4.46. The molecule has 0 fully saturated rings. The zero-order valence-corrected chi connectivity index (χ0v) is 15.0. The second kappa shape index (κ2) is 8.13. The molecule has 0 saturated carbocycles. The van der Waals surface area contributed by atoms with Crippen molar-refractivity contribution in [1.82, 2.24) is 4.98 Å². The van der Waals surface area contributed by atoms with E-state index in [1.807, 2.05) is 30.3 Å². The SMILES string of the molecule is Cc1ccc(CSCC(=O)Nc2scnc2-c2ccccc2)cc1. The number of rotatable bonds is 6. The maximum absolute atomic E-state index is 12.2. The van der Waals surface area contributed by atoms with Gasteiger partial charge in [0, 0.05) is 11.3 Å². The number of aryl methyl sites for hydroxylation is 1. The van der Waals surface area contributed by atoms with Crippen LogP contribution in [0.4, 0.5) is 5.00 Å². The van der Waals surface area contributed by atoms with Crippen molar-refractivity contribution >= 4 is 34.0 Å². The average molecular weight is 355 g/mol. The number of nitrogens with zero attached hydrogens (tertiary/aromatic N) is 1. The van der Waals surface area contributed by atoms with Crippen molar-refractivity contribution in [2.75, 3.05) is 11.1 Å². The minimum absolute atomic E-state index is 0.00791. The lowest BCUT2D eigenvalue weighted by molar-refractivity contribution is -0.113. The molecule has 0 radical (unpaired) electrons. The zero-order valence-electron chi connectivity index (χ0n) is 13.4. The summed E-state index contributed by atoms with van der Waals surface area (Å²) >= 11 is 3.07. The number of anilines is 1. The second-order valence-corrected chi connectivity index (χ2v) is 7.26. The van der Waals surface area contributed by atoms with E-state index >= 15 is 0 Å². The van der Waals surface area contributed by atoms with E-state index in [4.69, 9.17) is 0 Å². The number of aromatic nitrogens is 1. The molecule has 2 aromatic carbocycles. The van der Waals surface area contributed by atoms with Gasteiger partial charge in [-0.2, -0.15) is 0 Å². The van der Waals surface area contributed by atoms with Crippen LogP contribution in [0, 0.1) is 6.92 Å². The van der Waals surface area contributed by atoms with Crippen LogP contribution in [0.25, 0.3) is 11.3 Å². The Labute approximate surface area is 150 Å². The normalized spacial score (nSPS) is 10.5. The van der Waals surface area contributed by atoms with Crippen LogP contribution in [0.1, 0.15) is 11.1 Å². The Hall–Kier alpha value is -2.11. The Morgan fingerprint density at radius 1 is 1.12 bits per heavy atom. The maximum Gasteiger partial charge on any atom is 0.235 e. The van der Waals surface area contributed by atoms with Crippen molar-refractivity contribution in [2.24, 2.45) is 0 Å². The molecule has 0 saturated heterocycles. The van der Waals surface area contributed by atoms with E-state index < -0.39 is 0 Å². The van der Waals surface area contributed by atoms with Gasteiger partial charge in [0.25, 0.3) is 0 Å². The molecule has 3 nitrogen and oxygen atoms in total. The summed E-state index contributed by atoms with van der Waals surface area (Å²) in [5, 5.41) is 3.79. The van der Waals surface area contributed by atoms with Gasteiger partial charge in [-0.3, -0.25) is 4.79 Å². The topological polar surface area (TPSA) is 42.0 Å². The highest BCUT2D eigenvalue weighted by atomic mass is 32.2. The molecule has 1 amide bonds. The van der Waals surface area contributed by atoms with Gasteiger partial charge in [-0.05, 0) is 12.5 Å². The molecule has 0 aliphatic carbocycles. The summed E-state index contributed by atoms with van der Waals surface area (Å²) in [7, 11) is 0. The molecule has 0 spiro atoms. The van der Waals surface area contributed by atoms with Crippen molar-refractivity contribution in [3.8, 4) is 11.3 Å². The highest BCUT2D eigenvalue weighted by Crippen LogP contribution is 2.30. The molecule has 1 heterocycles. The first-order chi connectivity index (χ1) is 11.7. The summed E-state index contributed by atoms with van der Waals surface area (Å²) < 4.78 is 0. The quantitative estimate of drug-likeness (QED) is 0.678. The summed E-state index contributed by atoms with van der Waals surface area (Å²) in [4.78, 5) is 16.6. The van der Waals surface area contributed by atoms with E-state index in [0.29, 0.717) is 5.75 Å². The van der Waals surface area contributed by atoms with Crippen LogP contribution in [-0.2, 0) is 10.5 Å². The maximum atomic E-state index is 12.2. The fourth-order valence-corrected chi connectivity index (χ4v) is 3.75. The predicted molar refractivity (Wildman–Crippen MR) is 104 cm³/mol. The molecule has 1 N–H and O–H groups in total. The third-order valence-electron chi connectivity index (χ3n) is 3.49. The number of thioether (sulfide) groups is 1. The molecular weight excluding hydrogens is 336 g/mol. The van der Waals surface area contributed by atoms with E-state index in [0.717, 1.165) is 22.0 Å². The zero-order chi connectivity index (χ0) is 16.8. The molecule has 122 valence electrons. The molecule has 3 aromatic rings. The van der Waals surface area contributed by atoms with Gasteiger partial charge < -0.3 is 5.32 Å². The van der Waals surface area contributed by atoms with Gasteiger partial charge in [0.05, 0.1) is 11.3 Å². The standard InChI is InChI=1S/C19H18N2OS2/c1-14-7-9-15(10-8-14)11-23-12-17(22)21-19-18(20-13-24-19)16-5-3-2-4-6-16/h2-10,13H,11-12H2,1H3,(H,21,22). The highest BCUT2D eigenvalue weighted by Gasteiger charge is 2.11. The molecule has 0 bridgehead atoms. The second-order valence-electron chi connectivity index (χ2n) is 5.42. The van der Waals surface area contributed by atoms with Crippen LogP contribution in [-0.4, -0.2) is 16.6 Å². The lowest BCUT2D eigenvalue weighted by Gasteiger charge is -2.06. The van der Waals surface area contributed by atoms with Gasteiger partial charge in [0.1, 0.15) is 10.7 Å². The third-order valence-corrected chi connectivity index (χ3v) is 5.24. The molecule has 0 atom stereocenters. The van der Waals surface area contributed by atoms with Gasteiger partial charge in [0.2, 0.25) is 5.91 Å². The molecule has 3 rings (SSSR count). The number of nitrogens with one attached hydrogen (secondary N) is 1. The van der Waals surface area contributed by atoms with Crippen LogP contribution in [0.3, 0.4) is 0 Å². The molecule has 0 aliphatic rings. The summed E-state index contributed by atoms with van der Waals surface area (Å²) in [5.41, 5.74) is 6.09. The number of hydrogen-bond donors (Lipinski definition) is 1. The summed E-state index contributed by atoms with van der Waals surface area (Å²) in [5.74, 6) is 1.27. The van der Waals surface area contributed by atoms with E-state index in [9.17, 15) is 4.79 Å². The number of thiazole rings is 1. The van der Waals surface area contributed by atoms with E-state index in [-0.39, 0.29) is 5.91 Å². The largest absolute Gasteiger partial charge is 0.315 e. The average Bonchev–Trinajstić information content (AvgIpc) is 3.05. The Bertz CT molecular complexity index is 798. The molecular formula is C19H18N2OS2. The predicted octanol–water partition coefficient (Wildman–Crippen LogP) is 4.99. The van der Waals surface area contributed by atoms with Crippen LogP contribution < -0.4 is 5.32 Å². The Balaban J connectivity index is 1.54. The van der Waals surface area contributed by atoms with Crippen molar-refractivity contribution in [1.29, 1.82) is 0 Å². The summed E-state index contributed by atoms with van der Waals surface area (Å²) in [6, 6.07) is 18.3. The minimum atomic E-state index is 0.00791. The molecule has 0 aliphatic heterocycles. The van der Waals surface area contributed by atoms with Crippen LogP contribution in [0.5, 0.6) is 0 Å². The smallest absolute Gasteiger partial charge is 0.235 e. The lowest BCUT2D eigenvalue weighted by Crippen LogP contribution is -2.13. The van der Waals surface area contributed by atoms with Gasteiger partial charge in [-0.25, -0.2) is 4.98 Å². The number of hydrogen-bond acceptors (Lipinski definition) is 4. The summed E-state index contributed by atoms with van der Waals surface area (Å²) in [6.45, 7) is 2.07. The molecule has 1 aromatic heterocycles. The van der Waals surface area contributed by atoms with Crippen LogP contribution in [0.2, 0.25) is 0 Å². The molecule has 5 heteroatoms. The molecule has 0 unspecified atom stereocenters. The lowest BCUT2D eigenvalue weighted by atomic mass is 10.2. The highest BCUT2D eigenvalue weighted by molar-refractivity contribution is 7.99. The first-order valence-electron chi connectivity index (χ1n) is 7.64.